The number of aromatic amines is 1. The van der Waals surface area contributed by atoms with Gasteiger partial charge in [0.25, 0.3) is 5.91 Å². The molecule has 2 heterocycles. The lowest BCUT2D eigenvalue weighted by molar-refractivity contribution is -0.114. The Morgan fingerprint density at radius 1 is 1.29 bits per heavy atom. The Morgan fingerprint density at radius 3 is 2.83 bits per heavy atom. The van der Waals surface area contributed by atoms with Crippen molar-refractivity contribution < 1.29 is 14.0 Å². The van der Waals surface area contributed by atoms with Crippen LogP contribution >= 0.6 is 0 Å². The highest BCUT2D eigenvalue weighted by molar-refractivity contribution is 5.97. The van der Waals surface area contributed by atoms with Crippen molar-refractivity contribution in [2.45, 2.75) is 19.9 Å². The predicted molar refractivity (Wildman–Crippen MR) is 86.2 cm³/mol. The van der Waals surface area contributed by atoms with Crippen molar-refractivity contribution in [2.75, 3.05) is 11.9 Å². The Labute approximate surface area is 137 Å². The standard InChI is InChI=1S/C17H16FN3O3/c1-10(22)20-11-2-3-14(18)12(8-11)17(24)21-7-5-15-13(9-21)16(23)4-6-19-15/h2-4,6,8H,5,7,9H2,1H3,(H,19,23)(H,20,22). The first kappa shape index (κ1) is 15.9. The van der Waals surface area contributed by atoms with Gasteiger partial charge in [0.1, 0.15) is 5.82 Å². The zero-order valence-corrected chi connectivity index (χ0v) is 13.1. The van der Waals surface area contributed by atoms with Gasteiger partial charge < -0.3 is 15.2 Å². The molecule has 124 valence electrons. The number of rotatable bonds is 2. The first-order valence-corrected chi connectivity index (χ1v) is 7.51. The number of H-pyrrole nitrogens is 1. The van der Waals surface area contributed by atoms with E-state index < -0.39 is 11.7 Å². The highest BCUT2D eigenvalue weighted by atomic mass is 19.1. The maximum absolute atomic E-state index is 14.1. The molecule has 0 saturated carbocycles. The van der Waals surface area contributed by atoms with Crippen molar-refractivity contribution in [3.8, 4) is 0 Å². The maximum atomic E-state index is 14.1. The fourth-order valence-electron chi connectivity index (χ4n) is 2.78. The number of anilines is 1. The van der Waals surface area contributed by atoms with Crippen LogP contribution < -0.4 is 10.7 Å². The lowest BCUT2D eigenvalue weighted by Crippen LogP contribution is -2.39. The first-order valence-electron chi connectivity index (χ1n) is 7.51. The Kier molecular flexibility index (Phi) is 4.16. The molecule has 7 heteroatoms. The second-order valence-electron chi connectivity index (χ2n) is 5.65. The van der Waals surface area contributed by atoms with Crippen LogP contribution in [0.2, 0.25) is 0 Å². The van der Waals surface area contributed by atoms with Crippen molar-refractivity contribution in [1.29, 1.82) is 0 Å². The zero-order valence-electron chi connectivity index (χ0n) is 13.1. The minimum atomic E-state index is -0.665. The molecule has 0 saturated heterocycles. The minimum absolute atomic E-state index is 0.128. The second kappa shape index (κ2) is 6.27. The summed E-state index contributed by atoms with van der Waals surface area (Å²) in [6.07, 6.45) is 2.08. The van der Waals surface area contributed by atoms with E-state index in [-0.39, 0.29) is 23.4 Å². The molecule has 2 aromatic rings. The number of carbonyl (C=O) groups excluding carboxylic acids is 2. The van der Waals surface area contributed by atoms with Crippen LogP contribution in [0.4, 0.5) is 10.1 Å². The van der Waals surface area contributed by atoms with E-state index >= 15 is 0 Å². The van der Waals surface area contributed by atoms with Gasteiger partial charge in [-0.2, -0.15) is 0 Å². The molecule has 0 unspecified atom stereocenters. The van der Waals surface area contributed by atoms with Crippen molar-refractivity contribution >= 4 is 17.5 Å². The quantitative estimate of drug-likeness (QED) is 0.879. The van der Waals surface area contributed by atoms with E-state index in [1.807, 2.05) is 0 Å². The van der Waals surface area contributed by atoms with E-state index in [1.165, 1.54) is 30.0 Å². The van der Waals surface area contributed by atoms with Crippen molar-refractivity contribution in [2.24, 2.45) is 0 Å². The molecule has 0 bridgehead atoms. The summed E-state index contributed by atoms with van der Waals surface area (Å²) in [4.78, 5) is 40.1. The van der Waals surface area contributed by atoms with Crippen LogP contribution in [0.3, 0.4) is 0 Å². The minimum Gasteiger partial charge on any atom is -0.364 e. The number of carbonyl (C=O) groups is 2. The molecular weight excluding hydrogens is 313 g/mol. The van der Waals surface area contributed by atoms with Crippen LogP contribution in [-0.2, 0) is 17.8 Å². The predicted octanol–water partition coefficient (Wildman–Crippen LogP) is 1.67. The first-order chi connectivity index (χ1) is 11.5. The summed E-state index contributed by atoms with van der Waals surface area (Å²) in [5.41, 5.74) is 1.41. The molecule has 0 aliphatic carbocycles. The summed E-state index contributed by atoms with van der Waals surface area (Å²) >= 11 is 0. The Morgan fingerprint density at radius 2 is 2.08 bits per heavy atom. The molecule has 3 rings (SSSR count). The Hall–Kier alpha value is -2.96. The van der Waals surface area contributed by atoms with Crippen LogP contribution in [0, 0.1) is 5.82 Å². The fourth-order valence-corrected chi connectivity index (χ4v) is 2.78. The Balaban J connectivity index is 1.89. The summed E-state index contributed by atoms with van der Waals surface area (Å²) < 4.78 is 14.1. The normalized spacial score (nSPS) is 13.3. The van der Waals surface area contributed by atoms with Crippen LogP contribution in [0.25, 0.3) is 0 Å². The zero-order chi connectivity index (χ0) is 17.3. The number of benzene rings is 1. The molecule has 1 aliphatic rings. The molecule has 0 radical (unpaired) electrons. The number of hydrogen-bond donors (Lipinski definition) is 2. The number of fused-ring (bicyclic) bond motifs is 1. The Bertz CT molecular complexity index is 876. The highest BCUT2D eigenvalue weighted by Gasteiger charge is 2.25. The molecule has 0 fully saturated rings. The van der Waals surface area contributed by atoms with Gasteiger partial charge in [-0.3, -0.25) is 14.4 Å². The molecular formula is C17H16FN3O3. The van der Waals surface area contributed by atoms with Gasteiger partial charge in [-0.25, -0.2) is 4.39 Å². The van der Waals surface area contributed by atoms with Crippen molar-refractivity contribution in [1.82, 2.24) is 9.88 Å². The number of amides is 2. The van der Waals surface area contributed by atoms with E-state index in [0.717, 1.165) is 11.8 Å². The molecule has 6 nitrogen and oxygen atoms in total. The molecule has 0 atom stereocenters. The number of nitrogens with zero attached hydrogens (tertiary/aromatic N) is 1. The molecule has 24 heavy (non-hydrogen) atoms. The van der Waals surface area contributed by atoms with E-state index in [4.69, 9.17) is 0 Å². The number of nitrogens with one attached hydrogen (secondary N) is 2. The van der Waals surface area contributed by atoms with Gasteiger partial charge in [0, 0.05) is 49.1 Å². The third kappa shape index (κ3) is 3.05. The molecule has 1 aromatic carbocycles. The van der Waals surface area contributed by atoms with Crippen LogP contribution in [0.15, 0.2) is 35.3 Å². The van der Waals surface area contributed by atoms with Crippen molar-refractivity contribution in [3.05, 3.63) is 63.3 Å². The van der Waals surface area contributed by atoms with E-state index in [1.54, 1.807) is 6.20 Å². The number of aromatic nitrogens is 1. The lowest BCUT2D eigenvalue weighted by Gasteiger charge is -2.28. The van der Waals surface area contributed by atoms with Gasteiger partial charge in [0.05, 0.1) is 12.1 Å². The third-order valence-corrected chi connectivity index (χ3v) is 3.94. The molecule has 2 amide bonds. The molecule has 1 aromatic heterocycles. The van der Waals surface area contributed by atoms with Gasteiger partial charge in [-0.15, -0.1) is 0 Å². The van der Waals surface area contributed by atoms with Crippen LogP contribution in [0.1, 0.15) is 28.5 Å². The van der Waals surface area contributed by atoms with E-state index in [9.17, 15) is 18.8 Å². The average Bonchev–Trinajstić information content (AvgIpc) is 2.56. The largest absolute Gasteiger partial charge is 0.364 e. The summed E-state index contributed by atoms with van der Waals surface area (Å²) in [5, 5.41) is 2.52. The van der Waals surface area contributed by atoms with Crippen LogP contribution in [-0.4, -0.2) is 28.2 Å². The van der Waals surface area contributed by atoms with Gasteiger partial charge in [-0.1, -0.05) is 0 Å². The number of halogens is 1. The van der Waals surface area contributed by atoms with Crippen LogP contribution in [0.5, 0.6) is 0 Å². The van der Waals surface area contributed by atoms with Gasteiger partial charge in [-0.05, 0) is 18.2 Å². The lowest BCUT2D eigenvalue weighted by atomic mass is 10.0. The topological polar surface area (TPSA) is 82.3 Å². The number of pyridine rings is 1. The maximum Gasteiger partial charge on any atom is 0.257 e. The SMILES string of the molecule is CC(=O)Nc1ccc(F)c(C(=O)N2CCc3[nH]ccc(=O)c3C2)c1. The second-order valence-corrected chi connectivity index (χ2v) is 5.65. The van der Waals surface area contributed by atoms with E-state index in [2.05, 4.69) is 10.3 Å². The van der Waals surface area contributed by atoms with Gasteiger partial charge >= 0.3 is 0 Å². The summed E-state index contributed by atoms with van der Waals surface area (Å²) in [6.45, 7) is 1.85. The number of hydrogen-bond acceptors (Lipinski definition) is 3. The monoisotopic (exact) mass is 329 g/mol. The highest BCUT2D eigenvalue weighted by Crippen LogP contribution is 2.20. The van der Waals surface area contributed by atoms with Gasteiger partial charge in [0.15, 0.2) is 5.43 Å². The fraction of sp³-hybridized carbons (Fsp3) is 0.235. The molecule has 0 spiro atoms. The summed E-state index contributed by atoms with van der Waals surface area (Å²) in [6, 6.07) is 5.25. The van der Waals surface area contributed by atoms with Gasteiger partial charge in [0.2, 0.25) is 5.91 Å². The average molecular weight is 329 g/mol. The van der Waals surface area contributed by atoms with E-state index in [0.29, 0.717) is 24.2 Å². The summed E-state index contributed by atoms with van der Waals surface area (Å²) in [5.74, 6) is -1.48. The summed E-state index contributed by atoms with van der Waals surface area (Å²) in [7, 11) is 0. The molecule has 1 aliphatic heterocycles. The smallest absolute Gasteiger partial charge is 0.257 e. The molecule has 2 N–H and O–H groups in total. The third-order valence-electron chi connectivity index (χ3n) is 3.94. The van der Waals surface area contributed by atoms with Crippen molar-refractivity contribution in [3.63, 3.8) is 0 Å².